The van der Waals surface area contributed by atoms with Crippen LogP contribution in [-0.4, -0.2) is 9.81 Å². The molecule has 2 rings (SSSR count). The molecule has 0 spiro atoms. The largest absolute Gasteiger partial charge is 0.261 e. The summed E-state index contributed by atoms with van der Waals surface area (Å²) in [4.78, 5) is 5.06. The summed E-state index contributed by atoms with van der Waals surface area (Å²) in [5, 5.41) is 0. The molecule has 1 aromatic heterocycles. The van der Waals surface area contributed by atoms with Crippen molar-refractivity contribution in [3.8, 4) is 0 Å². The van der Waals surface area contributed by atoms with Gasteiger partial charge in [-0.15, -0.1) is 0 Å². The third-order valence-corrected chi connectivity index (χ3v) is 4.29. The van der Waals surface area contributed by atoms with Crippen LogP contribution >= 0.6 is 15.9 Å². The van der Waals surface area contributed by atoms with Gasteiger partial charge in [-0.1, -0.05) is 47.7 Å². The molecule has 1 saturated carbocycles. The minimum absolute atomic E-state index is 0.601. The molecule has 1 aliphatic carbocycles. The van der Waals surface area contributed by atoms with Gasteiger partial charge in [0.2, 0.25) is 0 Å². The van der Waals surface area contributed by atoms with Crippen molar-refractivity contribution < 1.29 is 0 Å². The van der Waals surface area contributed by atoms with Gasteiger partial charge in [0.1, 0.15) is 0 Å². The van der Waals surface area contributed by atoms with Crippen LogP contribution in [0.3, 0.4) is 0 Å². The second-order valence-corrected chi connectivity index (χ2v) is 6.25. The Morgan fingerprint density at radius 1 is 1.44 bits per heavy atom. The first kappa shape index (κ1) is 12.1. The normalized spacial score (nSPS) is 18.9. The van der Waals surface area contributed by atoms with Gasteiger partial charge in [-0.3, -0.25) is 4.98 Å². The standard InChI is InChI=1S/C14H20BrN/c1-11-5-4-8-16-14(11)10-13(15)9-12-6-2-3-7-12/h4-5,8,12-13H,2-3,6-7,9-10H2,1H3. The molecule has 1 heterocycles. The lowest BCUT2D eigenvalue weighted by Gasteiger charge is -2.15. The van der Waals surface area contributed by atoms with Crippen LogP contribution in [0.15, 0.2) is 18.3 Å². The zero-order valence-electron chi connectivity index (χ0n) is 9.95. The predicted octanol–water partition coefficient (Wildman–Crippen LogP) is 4.28. The zero-order valence-corrected chi connectivity index (χ0v) is 11.5. The number of pyridine rings is 1. The Labute approximate surface area is 107 Å². The molecule has 0 N–H and O–H groups in total. The van der Waals surface area contributed by atoms with E-state index in [4.69, 9.17) is 0 Å². The molecule has 0 aromatic carbocycles. The monoisotopic (exact) mass is 281 g/mol. The van der Waals surface area contributed by atoms with E-state index in [1.165, 1.54) is 43.4 Å². The smallest absolute Gasteiger partial charge is 0.0443 e. The molecule has 16 heavy (non-hydrogen) atoms. The molecule has 0 radical (unpaired) electrons. The predicted molar refractivity (Wildman–Crippen MR) is 72.0 cm³/mol. The molecule has 2 heteroatoms. The molecule has 0 amide bonds. The highest BCUT2D eigenvalue weighted by atomic mass is 79.9. The van der Waals surface area contributed by atoms with Crippen molar-refractivity contribution in [1.29, 1.82) is 0 Å². The van der Waals surface area contributed by atoms with Crippen LogP contribution in [0.4, 0.5) is 0 Å². The van der Waals surface area contributed by atoms with Crippen molar-refractivity contribution >= 4 is 15.9 Å². The van der Waals surface area contributed by atoms with Crippen LogP contribution in [0.5, 0.6) is 0 Å². The van der Waals surface area contributed by atoms with Crippen LogP contribution in [0, 0.1) is 12.8 Å². The van der Waals surface area contributed by atoms with E-state index in [0.29, 0.717) is 4.83 Å². The first-order valence-electron chi connectivity index (χ1n) is 6.30. The summed E-state index contributed by atoms with van der Waals surface area (Å²) in [6.07, 6.45) is 10.0. The van der Waals surface area contributed by atoms with Crippen LogP contribution < -0.4 is 0 Å². The van der Waals surface area contributed by atoms with Gasteiger partial charge in [0.15, 0.2) is 0 Å². The van der Waals surface area contributed by atoms with Crippen LogP contribution in [0.25, 0.3) is 0 Å². The second-order valence-electron chi connectivity index (χ2n) is 4.95. The summed E-state index contributed by atoms with van der Waals surface area (Å²) >= 11 is 3.82. The SMILES string of the molecule is Cc1cccnc1CC(Br)CC1CCCC1. The maximum atomic E-state index is 4.46. The number of halogens is 1. The summed E-state index contributed by atoms with van der Waals surface area (Å²) < 4.78 is 0. The van der Waals surface area contributed by atoms with Crippen LogP contribution in [0.1, 0.15) is 43.4 Å². The fourth-order valence-corrected chi connectivity index (χ4v) is 3.47. The first-order valence-corrected chi connectivity index (χ1v) is 7.22. The van der Waals surface area contributed by atoms with E-state index in [0.717, 1.165) is 12.3 Å². The Hall–Kier alpha value is -0.370. The molecule has 0 aliphatic heterocycles. The summed E-state index contributed by atoms with van der Waals surface area (Å²) in [7, 11) is 0. The highest BCUT2D eigenvalue weighted by Gasteiger charge is 2.19. The molecule has 0 saturated heterocycles. The summed E-state index contributed by atoms with van der Waals surface area (Å²) in [5.74, 6) is 0.952. The Bertz CT molecular complexity index is 331. The minimum Gasteiger partial charge on any atom is -0.261 e. The van der Waals surface area contributed by atoms with E-state index >= 15 is 0 Å². The minimum atomic E-state index is 0.601. The topological polar surface area (TPSA) is 12.9 Å². The molecular formula is C14H20BrN. The number of rotatable bonds is 4. The van der Waals surface area contributed by atoms with Gasteiger partial charge in [-0.05, 0) is 30.9 Å². The molecular weight excluding hydrogens is 262 g/mol. The van der Waals surface area contributed by atoms with Gasteiger partial charge in [0.05, 0.1) is 0 Å². The quantitative estimate of drug-likeness (QED) is 0.751. The molecule has 1 fully saturated rings. The third-order valence-electron chi connectivity index (χ3n) is 3.60. The van der Waals surface area contributed by atoms with E-state index in [2.05, 4.69) is 33.9 Å². The lowest BCUT2D eigenvalue weighted by molar-refractivity contribution is 0.493. The molecule has 0 bridgehead atoms. The van der Waals surface area contributed by atoms with Crippen LogP contribution in [0.2, 0.25) is 0 Å². The second kappa shape index (κ2) is 5.81. The average Bonchev–Trinajstić information content (AvgIpc) is 2.74. The van der Waals surface area contributed by atoms with Gasteiger partial charge in [0, 0.05) is 23.1 Å². The molecule has 1 nitrogen and oxygen atoms in total. The molecule has 1 aliphatic rings. The third kappa shape index (κ3) is 3.31. The molecule has 1 unspecified atom stereocenters. The lowest BCUT2D eigenvalue weighted by atomic mass is 9.99. The molecule has 1 atom stereocenters. The van der Waals surface area contributed by atoms with Crippen molar-refractivity contribution in [2.24, 2.45) is 5.92 Å². The number of aromatic nitrogens is 1. The fraction of sp³-hybridized carbons (Fsp3) is 0.643. The Kier molecular flexibility index (Phi) is 4.39. The number of hydrogen-bond acceptors (Lipinski definition) is 1. The van der Waals surface area contributed by atoms with Crippen molar-refractivity contribution in [3.05, 3.63) is 29.6 Å². The number of alkyl halides is 1. The van der Waals surface area contributed by atoms with Crippen LogP contribution in [-0.2, 0) is 6.42 Å². The van der Waals surface area contributed by atoms with Crippen molar-refractivity contribution in [2.45, 2.75) is 50.3 Å². The number of aryl methyl sites for hydroxylation is 1. The molecule has 1 aromatic rings. The maximum Gasteiger partial charge on any atom is 0.0443 e. The Morgan fingerprint density at radius 3 is 2.88 bits per heavy atom. The van der Waals surface area contributed by atoms with Gasteiger partial charge in [-0.2, -0.15) is 0 Å². The fourth-order valence-electron chi connectivity index (χ4n) is 2.63. The Balaban J connectivity index is 1.86. The van der Waals surface area contributed by atoms with E-state index in [9.17, 15) is 0 Å². The number of nitrogens with zero attached hydrogens (tertiary/aromatic N) is 1. The van der Waals surface area contributed by atoms with Gasteiger partial charge in [0.25, 0.3) is 0 Å². The summed E-state index contributed by atoms with van der Waals surface area (Å²) in [6.45, 7) is 2.15. The molecule has 88 valence electrons. The van der Waals surface area contributed by atoms with Crippen molar-refractivity contribution in [1.82, 2.24) is 4.98 Å². The maximum absolute atomic E-state index is 4.46. The van der Waals surface area contributed by atoms with E-state index in [-0.39, 0.29) is 0 Å². The highest BCUT2D eigenvalue weighted by molar-refractivity contribution is 9.09. The first-order chi connectivity index (χ1) is 7.75. The summed E-state index contributed by atoms with van der Waals surface area (Å²) in [6, 6.07) is 4.16. The van der Waals surface area contributed by atoms with E-state index < -0.39 is 0 Å². The van der Waals surface area contributed by atoms with Gasteiger partial charge in [-0.25, -0.2) is 0 Å². The lowest BCUT2D eigenvalue weighted by Crippen LogP contribution is -2.10. The Morgan fingerprint density at radius 2 is 2.19 bits per heavy atom. The average molecular weight is 282 g/mol. The van der Waals surface area contributed by atoms with E-state index in [1.54, 1.807) is 0 Å². The van der Waals surface area contributed by atoms with Crippen molar-refractivity contribution in [2.75, 3.05) is 0 Å². The van der Waals surface area contributed by atoms with Gasteiger partial charge >= 0.3 is 0 Å². The summed E-state index contributed by atoms with van der Waals surface area (Å²) in [5.41, 5.74) is 2.57. The zero-order chi connectivity index (χ0) is 11.4. The number of hydrogen-bond donors (Lipinski definition) is 0. The van der Waals surface area contributed by atoms with Gasteiger partial charge < -0.3 is 0 Å². The highest BCUT2D eigenvalue weighted by Crippen LogP contribution is 2.31. The van der Waals surface area contributed by atoms with E-state index in [1.807, 2.05) is 12.3 Å². The van der Waals surface area contributed by atoms with Crippen molar-refractivity contribution in [3.63, 3.8) is 0 Å².